The van der Waals surface area contributed by atoms with Crippen molar-refractivity contribution in [1.82, 2.24) is 10.2 Å². The van der Waals surface area contributed by atoms with Gasteiger partial charge in [-0.3, -0.25) is 9.69 Å². The Morgan fingerprint density at radius 2 is 2.44 bits per heavy atom. The predicted octanol–water partition coefficient (Wildman–Crippen LogP) is 1.16. The summed E-state index contributed by atoms with van der Waals surface area (Å²) in [7, 11) is 0. The fraction of sp³-hybridized carbons (Fsp3) is 0.417. The van der Waals surface area contributed by atoms with E-state index in [0.29, 0.717) is 13.1 Å². The van der Waals surface area contributed by atoms with E-state index >= 15 is 0 Å². The molecule has 1 aromatic rings. The Kier molecular flexibility index (Phi) is 3.77. The Balaban J connectivity index is 1.70. The molecule has 0 unspecified atom stereocenters. The second-order valence-electron chi connectivity index (χ2n) is 3.85. The van der Waals surface area contributed by atoms with Gasteiger partial charge in [0.15, 0.2) is 0 Å². The van der Waals surface area contributed by atoms with Crippen molar-refractivity contribution >= 4 is 5.91 Å². The van der Waals surface area contributed by atoms with Crippen LogP contribution < -0.4 is 5.32 Å². The first kappa shape index (κ1) is 11.0. The van der Waals surface area contributed by atoms with Gasteiger partial charge in [0.1, 0.15) is 5.76 Å². The molecule has 0 fully saturated rings. The molecule has 16 heavy (non-hydrogen) atoms. The van der Waals surface area contributed by atoms with Crippen molar-refractivity contribution in [2.24, 2.45) is 0 Å². The maximum atomic E-state index is 11.6. The molecule has 0 aliphatic carbocycles. The van der Waals surface area contributed by atoms with Crippen molar-refractivity contribution in [1.29, 1.82) is 0 Å². The van der Waals surface area contributed by atoms with Gasteiger partial charge in [0.05, 0.1) is 19.4 Å². The highest BCUT2D eigenvalue weighted by atomic mass is 16.3. The zero-order valence-electron chi connectivity index (χ0n) is 9.19. The topological polar surface area (TPSA) is 45.5 Å². The Morgan fingerprint density at radius 3 is 3.12 bits per heavy atom. The summed E-state index contributed by atoms with van der Waals surface area (Å²) < 4.78 is 5.13. The Hall–Kier alpha value is -1.55. The van der Waals surface area contributed by atoms with Crippen molar-refractivity contribution in [3.63, 3.8) is 0 Å². The van der Waals surface area contributed by atoms with E-state index in [0.717, 1.165) is 25.3 Å². The summed E-state index contributed by atoms with van der Waals surface area (Å²) in [6.07, 6.45) is 6.89. The quantitative estimate of drug-likeness (QED) is 0.774. The summed E-state index contributed by atoms with van der Waals surface area (Å²) in [5, 5.41) is 2.83. The van der Waals surface area contributed by atoms with E-state index in [9.17, 15) is 4.79 Å². The van der Waals surface area contributed by atoms with Crippen molar-refractivity contribution in [3.05, 3.63) is 36.3 Å². The van der Waals surface area contributed by atoms with Crippen molar-refractivity contribution in [3.8, 4) is 0 Å². The van der Waals surface area contributed by atoms with Gasteiger partial charge in [-0.2, -0.15) is 0 Å². The van der Waals surface area contributed by atoms with Crippen molar-refractivity contribution in [2.75, 3.05) is 19.6 Å². The summed E-state index contributed by atoms with van der Waals surface area (Å²) in [5.41, 5.74) is 0. The highest BCUT2D eigenvalue weighted by Gasteiger charge is 2.10. The van der Waals surface area contributed by atoms with E-state index < -0.39 is 0 Å². The van der Waals surface area contributed by atoms with Crippen LogP contribution in [0.25, 0.3) is 0 Å². The average Bonchev–Trinajstić information content (AvgIpc) is 2.81. The standard InChI is InChI=1S/C12H16N2O2/c15-12(10-14-6-2-1-3-7-14)13-9-11-5-4-8-16-11/h1-2,4-5,8H,3,6-7,9-10H2,(H,13,15). The number of furan rings is 1. The first-order valence-corrected chi connectivity index (χ1v) is 5.51. The molecule has 0 atom stereocenters. The maximum absolute atomic E-state index is 11.6. The molecule has 1 aromatic heterocycles. The molecule has 0 spiro atoms. The molecule has 2 rings (SSSR count). The van der Waals surface area contributed by atoms with Gasteiger partial charge in [0.2, 0.25) is 5.91 Å². The molecule has 0 saturated carbocycles. The summed E-state index contributed by atoms with van der Waals surface area (Å²) in [6, 6.07) is 3.67. The van der Waals surface area contributed by atoms with Crippen LogP contribution in [0.3, 0.4) is 0 Å². The first-order valence-electron chi connectivity index (χ1n) is 5.51. The lowest BCUT2D eigenvalue weighted by molar-refractivity contribution is -0.122. The molecule has 0 bridgehead atoms. The number of rotatable bonds is 4. The zero-order valence-corrected chi connectivity index (χ0v) is 9.19. The molecular weight excluding hydrogens is 204 g/mol. The van der Waals surface area contributed by atoms with E-state index in [-0.39, 0.29) is 5.91 Å². The number of amides is 1. The maximum Gasteiger partial charge on any atom is 0.234 e. The predicted molar refractivity (Wildman–Crippen MR) is 60.8 cm³/mol. The van der Waals surface area contributed by atoms with Gasteiger partial charge in [-0.05, 0) is 18.6 Å². The van der Waals surface area contributed by atoms with Gasteiger partial charge in [-0.25, -0.2) is 0 Å². The number of carbonyl (C=O) groups excluding carboxylic acids is 1. The van der Waals surface area contributed by atoms with E-state index in [1.54, 1.807) is 6.26 Å². The summed E-state index contributed by atoms with van der Waals surface area (Å²) in [4.78, 5) is 13.7. The van der Waals surface area contributed by atoms with E-state index in [2.05, 4.69) is 22.4 Å². The molecule has 1 amide bonds. The molecule has 1 aliphatic heterocycles. The second kappa shape index (κ2) is 5.51. The van der Waals surface area contributed by atoms with Crippen molar-refractivity contribution in [2.45, 2.75) is 13.0 Å². The molecule has 0 aromatic carbocycles. The van der Waals surface area contributed by atoms with Gasteiger partial charge in [0.25, 0.3) is 0 Å². The highest BCUT2D eigenvalue weighted by Crippen LogP contribution is 2.01. The Labute approximate surface area is 94.9 Å². The van der Waals surface area contributed by atoms with Crippen LogP contribution in [0.2, 0.25) is 0 Å². The number of hydrogen-bond donors (Lipinski definition) is 1. The lowest BCUT2D eigenvalue weighted by Crippen LogP contribution is -2.38. The third kappa shape index (κ3) is 3.24. The van der Waals surface area contributed by atoms with Gasteiger partial charge in [-0.1, -0.05) is 12.2 Å². The number of carbonyl (C=O) groups is 1. The number of nitrogens with one attached hydrogen (secondary N) is 1. The normalized spacial score (nSPS) is 16.2. The summed E-state index contributed by atoms with van der Waals surface area (Å²) in [6.45, 7) is 2.76. The van der Waals surface area contributed by atoms with E-state index in [1.807, 2.05) is 12.1 Å². The van der Waals surface area contributed by atoms with Gasteiger partial charge in [-0.15, -0.1) is 0 Å². The number of nitrogens with zero attached hydrogens (tertiary/aromatic N) is 1. The molecule has 0 radical (unpaired) electrons. The fourth-order valence-electron chi connectivity index (χ4n) is 1.69. The molecular formula is C12H16N2O2. The van der Waals surface area contributed by atoms with Crippen LogP contribution in [0.15, 0.2) is 35.0 Å². The third-order valence-corrected chi connectivity index (χ3v) is 2.55. The first-order chi connectivity index (χ1) is 7.84. The molecule has 1 N–H and O–H groups in total. The molecule has 2 heterocycles. The van der Waals surface area contributed by atoms with Gasteiger partial charge >= 0.3 is 0 Å². The lowest BCUT2D eigenvalue weighted by atomic mass is 10.2. The molecule has 86 valence electrons. The van der Waals surface area contributed by atoms with E-state index in [4.69, 9.17) is 4.42 Å². The zero-order chi connectivity index (χ0) is 11.2. The molecule has 0 saturated heterocycles. The van der Waals surface area contributed by atoms with Crippen LogP contribution in [0, 0.1) is 0 Å². The number of hydrogen-bond acceptors (Lipinski definition) is 3. The van der Waals surface area contributed by atoms with Crippen LogP contribution in [-0.4, -0.2) is 30.4 Å². The van der Waals surface area contributed by atoms with Crippen LogP contribution in [0.4, 0.5) is 0 Å². The largest absolute Gasteiger partial charge is 0.467 e. The van der Waals surface area contributed by atoms with E-state index in [1.165, 1.54) is 0 Å². The van der Waals surface area contributed by atoms with Gasteiger partial charge < -0.3 is 9.73 Å². The molecule has 1 aliphatic rings. The smallest absolute Gasteiger partial charge is 0.234 e. The fourth-order valence-corrected chi connectivity index (χ4v) is 1.69. The third-order valence-electron chi connectivity index (χ3n) is 2.55. The Bertz CT molecular complexity index is 357. The van der Waals surface area contributed by atoms with Crippen LogP contribution in [-0.2, 0) is 11.3 Å². The van der Waals surface area contributed by atoms with Crippen LogP contribution in [0.5, 0.6) is 0 Å². The summed E-state index contributed by atoms with van der Waals surface area (Å²) in [5.74, 6) is 0.832. The SMILES string of the molecule is O=C(CN1CC=CCC1)NCc1ccco1. The average molecular weight is 220 g/mol. The lowest BCUT2D eigenvalue weighted by Gasteiger charge is -2.21. The van der Waals surface area contributed by atoms with Crippen LogP contribution in [0.1, 0.15) is 12.2 Å². The van der Waals surface area contributed by atoms with Gasteiger partial charge in [0, 0.05) is 13.1 Å². The molecule has 4 nitrogen and oxygen atoms in total. The highest BCUT2D eigenvalue weighted by molar-refractivity contribution is 5.77. The van der Waals surface area contributed by atoms with Crippen molar-refractivity contribution < 1.29 is 9.21 Å². The minimum absolute atomic E-state index is 0.0479. The molecule has 4 heteroatoms. The second-order valence-corrected chi connectivity index (χ2v) is 3.85. The monoisotopic (exact) mass is 220 g/mol. The van der Waals surface area contributed by atoms with Crippen LogP contribution >= 0.6 is 0 Å². The summed E-state index contributed by atoms with van der Waals surface area (Å²) >= 11 is 0. The minimum Gasteiger partial charge on any atom is -0.467 e. The minimum atomic E-state index is 0.0479. The Morgan fingerprint density at radius 1 is 1.50 bits per heavy atom.